The van der Waals surface area contributed by atoms with Crippen molar-refractivity contribution in [1.29, 1.82) is 0 Å². The van der Waals surface area contributed by atoms with Gasteiger partial charge in [-0.1, -0.05) is 38.1 Å². The van der Waals surface area contributed by atoms with Gasteiger partial charge in [0.05, 0.1) is 40.0 Å². The summed E-state index contributed by atoms with van der Waals surface area (Å²) in [4.78, 5) is 7.14. The molecule has 7 nitrogen and oxygen atoms in total. The minimum atomic E-state index is 0. The normalized spacial score (nSPS) is 15.5. The molecule has 0 bridgehead atoms. The van der Waals surface area contributed by atoms with E-state index in [-0.39, 0.29) is 30.0 Å². The highest BCUT2D eigenvalue weighted by Gasteiger charge is 2.24. The first kappa shape index (κ1) is 27.2. The third-order valence-corrected chi connectivity index (χ3v) is 5.97. The summed E-state index contributed by atoms with van der Waals surface area (Å²) in [5, 5.41) is 3.37. The van der Waals surface area contributed by atoms with Gasteiger partial charge in [-0.15, -0.1) is 24.0 Å². The van der Waals surface area contributed by atoms with Gasteiger partial charge in [-0.25, -0.2) is 0 Å². The predicted molar refractivity (Wildman–Crippen MR) is 145 cm³/mol. The molecule has 1 aliphatic rings. The Kier molecular flexibility index (Phi) is 11.2. The molecule has 3 N–H and O–H groups in total. The molecule has 1 unspecified atom stereocenters. The average Bonchev–Trinajstić information content (AvgIpc) is 2.84. The molecular formula is C25H37IN4O3. The van der Waals surface area contributed by atoms with Crippen molar-refractivity contribution in [3.05, 3.63) is 53.1 Å². The van der Waals surface area contributed by atoms with Crippen LogP contribution in [0.3, 0.4) is 0 Å². The Morgan fingerprint density at radius 2 is 1.70 bits per heavy atom. The molecule has 0 aromatic heterocycles. The van der Waals surface area contributed by atoms with Crippen molar-refractivity contribution in [2.75, 3.05) is 52.4 Å². The summed E-state index contributed by atoms with van der Waals surface area (Å²) < 4.78 is 16.5. The van der Waals surface area contributed by atoms with Gasteiger partial charge in [0.2, 0.25) is 0 Å². The Morgan fingerprint density at radius 3 is 2.27 bits per heavy atom. The molecule has 1 heterocycles. The number of ether oxygens (including phenoxy) is 3. The third-order valence-electron chi connectivity index (χ3n) is 5.97. The average molecular weight is 569 g/mol. The molecule has 33 heavy (non-hydrogen) atoms. The number of methoxy groups -OCH3 is 2. The Hall–Kier alpha value is -2.04. The van der Waals surface area contributed by atoms with Gasteiger partial charge >= 0.3 is 0 Å². The number of rotatable bonds is 9. The molecule has 3 rings (SSSR count). The van der Waals surface area contributed by atoms with E-state index >= 15 is 0 Å². The lowest BCUT2D eigenvalue weighted by Gasteiger charge is -2.34. The summed E-state index contributed by atoms with van der Waals surface area (Å²) in [6.07, 6.45) is 1.87. The van der Waals surface area contributed by atoms with E-state index < -0.39 is 0 Å². The zero-order valence-electron chi connectivity index (χ0n) is 20.1. The molecule has 0 amide bonds. The van der Waals surface area contributed by atoms with E-state index in [0.717, 1.165) is 37.2 Å². The Morgan fingerprint density at radius 1 is 1.06 bits per heavy atom. The molecular weight excluding hydrogens is 531 g/mol. The number of halogens is 1. The van der Waals surface area contributed by atoms with Crippen molar-refractivity contribution in [3.63, 3.8) is 0 Å². The molecule has 0 spiro atoms. The van der Waals surface area contributed by atoms with Gasteiger partial charge in [0, 0.05) is 18.8 Å². The maximum Gasteiger partial charge on any atom is 0.193 e. The monoisotopic (exact) mass is 568 g/mol. The van der Waals surface area contributed by atoms with Crippen LogP contribution in [0.1, 0.15) is 36.6 Å². The van der Waals surface area contributed by atoms with Gasteiger partial charge < -0.3 is 25.3 Å². The summed E-state index contributed by atoms with van der Waals surface area (Å²) in [5.41, 5.74) is 11.0. The fourth-order valence-electron chi connectivity index (χ4n) is 4.14. The van der Waals surface area contributed by atoms with Crippen molar-refractivity contribution in [1.82, 2.24) is 4.90 Å². The Balaban J connectivity index is 0.00000385. The molecule has 8 heteroatoms. The second-order valence-corrected chi connectivity index (χ2v) is 7.79. The lowest BCUT2D eigenvalue weighted by atomic mass is 10.0. The number of hydrogen-bond acceptors (Lipinski definition) is 5. The van der Waals surface area contributed by atoms with Crippen LogP contribution >= 0.6 is 24.0 Å². The Bertz CT molecular complexity index is 894. The van der Waals surface area contributed by atoms with E-state index in [1.54, 1.807) is 14.2 Å². The first-order valence-corrected chi connectivity index (χ1v) is 11.3. The van der Waals surface area contributed by atoms with Gasteiger partial charge in [-0.3, -0.25) is 9.89 Å². The standard InChI is InChI=1S/C25H36N4O3.HI/c1-5-18-8-7-9-19(6-2)24(18)28-25(26)27-17-21(29-12-14-32-15-13-29)20-10-11-22(30-3)23(16-20)31-4;/h7-11,16,21H,5-6,12-15,17H2,1-4H3,(H3,26,27,28);1H. The molecule has 182 valence electrons. The second-order valence-electron chi connectivity index (χ2n) is 7.79. The smallest absolute Gasteiger partial charge is 0.193 e. The first-order valence-electron chi connectivity index (χ1n) is 11.3. The highest BCUT2D eigenvalue weighted by molar-refractivity contribution is 14.0. The van der Waals surface area contributed by atoms with Crippen LogP contribution in [0.5, 0.6) is 11.5 Å². The fourth-order valence-corrected chi connectivity index (χ4v) is 4.14. The van der Waals surface area contributed by atoms with Gasteiger partial charge in [-0.2, -0.15) is 0 Å². The molecule has 2 aromatic rings. The highest BCUT2D eigenvalue weighted by Crippen LogP contribution is 2.32. The number of aliphatic imine (C=N–C) groups is 1. The molecule has 2 aromatic carbocycles. The highest BCUT2D eigenvalue weighted by atomic mass is 127. The third kappa shape index (κ3) is 6.97. The number of aryl methyl sites for hydroxylation is 2. The van der Waals surface area contributed by atoms with E-state index in [9.17, 15) is 0 Å². The number of anilines is 1. The van der Waals surface area contributed by atoms with E-state index in [2.05, 4.69) is 48.3 Å². The number of nitrogens with zero attached hydrogens (tertiary/aromatic N) is 2. The maximum absolute atomic E-state index is 6.36. The van der Waals surface area contributed by atoms with Crippen molar-refractivity contribution >= 4 is 35.6 Å². The summed E-state index contributed by atoms with van der Waals surface area (Å²) in [6.45, 7) is 7.96. The van der Waals surface area contributed by atoms with Crippen LogP contribution in [-0.4, -0.2) is 57.9 Å². The van der Waals surface area contributed by atoms with Gasteiger partial charge in [0.1, 0.15) is 0 Å². The largest absolute Gasteiger partial charge is 0.493 e. The molecule has 0 radical (unpaired) electrons. The lowest BCUT2D eigenvalue weighted by molar-refractivity contribution is 0.0179. The van der Waals surface area contributed by atoms with Crippen LogP contribution in [-0.2, 0) is 17.6 Å². The first-order chi connectivity index (χ1) is 15.6. The quantitative estimate of drug-likeness (QED) is 0.268. The fraction of sp³-hybridized carbons (Fsp3) is 0.480. The number of morpholine rings is 1. The van der Waals surface area contributed by atoms with Crippen molar-refractivity contribution < 1.29 is 14.2 Å². The maximum atomic E-state index is 6.36. The Labute approximate surface area is 214 Å². The van der Waals surface area contributed by atoms with Crippen LogP contribution in [0.2, 0.25) is 0 Å². The van der Waals surface area contributed by atoms with E-state index in [1.165, 1.54) is 11.1 Å². The number of guanidine groups is 1. The van der Waals surface area contributed by atoms with Crippen LogP contribution in [0.15, 0.2) is 41.4 Å². The number of benzene rings is 2. The zero-order valence-corrected chi connectivity index (χ0v) is 22.4. The van der Waals surface area contributed by atoms with Gasteiger partial charge in [0.25, 0.3) is 0 Å². The second kappa shape index (κ2) is 13.6. The van der Waals surface area contributed by atoms with E-state index in [0.29, 0.717) is 37.2 Å². The SMILES string of the molecule is CCc1cccc(CC)c1NC(N)=NCC(c1ccc(OC)c(OC)c1)N1CCOCC1.I. The summed E-state index contributed by atoms with van der Waals surface area (Å²) in [5.74, 6) is 1.85. The van der Waals surface area contributed by atoms with Crippen molar-refractivity contribution in [2.45, 2.75) is 32.7 Å². The number of nitrogens with one attached hydrogen (secondary N) is 1. The molecule has 1 aliphatic heterocycles. The summed E-state index contributed by atoms with van der Waals surface area (Å²) in [6, 6.07) is 12.5. The van der Waals surface area contributed by atoms with Crippen LogP contribution in [0.4, 0.5) is 5.69 Å². The lowest BCUT2D eigenvalue weighted by Crippen LogP contribution is -2.40. The number of para-hydroxylation sites is 1. The van der Waals surface area contributed by atoms with Crippen molar-refractivity contribution in [2.24, 2.45) is 10.7 Å². The van der Waals surface area contributed by atoms with E-state index in [1.807, 2.05) is 12.1 Å². The van der Waals surface area contributed by atoms with Crippen molar-refractivity contribution in [3.8, 4) is 11.5 Å². The number of nitrogens with two attached hydrogens (primary N) is 1. The molecule has 0 saturated carbocycles. The van der Waals surface area contributed by atoms with Crippen LogP contribution in [0, 0.1) is 0 Å². The molecule has 1 saturated heterocycles. The van der Waals surface area contributed by atoms with Crippen LogP contribution in [0.25, 0.3) is 0 Å². The molecule has 0 aliphatic carbocycles. The topological polar surface area (TPSA) is 81.3 Å². The van der Waals surface area contributed by atoms with Gasteiger partial charge in [-0.05, 0) is 41.7 Å². The predicted octanol–water partition coefficient (Wildman–Crippen LogP) is 4.25. The minimum Gasteiger partial charge on any atom is -0.493 e. The van der Waals surface area contributed by atoms with Crippen LogP contribution < -0.4 is 20.5 Å². The summed E-state index contributed by atoms with van der Waals surface area (Å²) >= 11 is 0. The molecule has 1 atom stereocenters. The van der Waals surface area contributed by atoms with E-state index in [4.69, 9.17) is 24.9 Å². The van der Waals surface area contributed by atoms with Gasteiger partial charge in [0.15, 0.2) is 17.5 Å². The zero-order chi connectivity index (χ0) is 22.9. The summed E-state index contributed by atoms with van der Waals surface area (Å²) in [7, 11) is 3.30. The number of hydrogen-bond donors (Lipinski definition) is 2. The molecule has 1 fully saturated rings. The minimum absolute atomic E-state index is 0.